The molecule has 0 aromatic heterocycles. The Balaban J connectivity index is 1.60. The van der Waals surface area contributed by atoms with Gasteiger partial charge in [0.05, 0.1) is 6.61 Å². The first kappa shape index (κ1) is 22.8. The number of amides is 1. The molecule has 1 N–H and O–H groups in total. The van der Waals surface area contributed by atoms with Crippen molar-refractivity contribution in [3.63, 3.8) is 0 Å². The van der Waals surface area contributed by atoms with Crippen molar-refractivity contribution in [2.75, 3.05) is 13.2 Å². The largest absolute Gasteiger partial charge is 0.493 e. The maximum Gasteiger partial charge on any atom is 0.219 e. The Hall–Kier alpha value is -1.51. The van der Waals surface area contributed by atoms with Crippen LogP contribution in [0.15, 0.2) is 24.3 Å². The fraction of sp³-hybridized carbons (Fsp3) is 0.720. The molecule has 1 amide bonds. The summed E-state index contributed by atoms with van der Waals surface area (Å²) in [6.45, 7) is 5.93. The molecule has 1 aromatic carbocycles. The predicted octanol–water partition coefficient (Wildman–Crippen LogP) is 6.62. The Morgan fingerprint density at radius 3 is 2.36 bits per heavy atom. The van der Waals surface area contributed by atoms with Crippen molar-refractivity contribution in [1.29, 1.82) is 0 Å². The van der Waals surface area contributed by atoms with Crippen LogP contribution >= 0.6 is 0 Å². The van der Waals surface area contributed by atoms with Gasteiger partial charge in [0.1, 0.15) is 5.75 Å². The van der Waals surface area contributed by atoms with Gasteiger partial charge >= 0.3 is 0 Å². The zero-order valence-electron chi connectivity index (χ0n) is 18.2. The molecule has 1 fully saturated rings. The van der Waals surface area contributed by atoms with Crippen LogP contribution in [0.4, 0.5) is 0 Å². The second kappa shape index (κ2) is 13.6. The van der Waals surface area contributed by atoms with Crippen molar-refractivity contribution in [3.8, 4) is 5.75 Å². The zero-order valence-corrected chi connectivity index (χ0v) is 18.2. The van der Waals surface area contributed by atoms with Crippen molar-refractivity contribution in [3.05, 3.63) is 29.8 Å². The molecule has 0 bridgehead atoms. The van der Waals surface area contributed by atoms with Crippen LogP contribution < -0.4 is 10.1 Å². The first-order valence-electron chi connectivity index (χ1n) is 11.7. The van der Waals surface area contributed by atoms with E-state index in [0.717, 1.165) is 38.2 Å². The van der Waals surface area contributed by atoms with Crippen molar-refractivity contribution in [2.45, 2.75) is 96.8 Å². The van der Waals surface area contributed by atoms with Crippen LogP contribution in [0.2, 0.25) is 0 Å². The molecule has 0 radical (unpaired) electrons. The van der Waals surface area contributed by atoms with Gasteiger partial charge in [0, 0.05) is 13.0 Å². The molecule has 0 saturated heterocycles. The quantitative estimate of drug-likeness (QED) is 0.324. The molecule has 1 aromatic rings. The minimum atomic E-state index is 0.183. The normalized spacial score (nSPS) is 18.1. The number of hydrogen-bond acceptors (Lipinski definition) is 2. The van der Waals surface area contributed by atoms with Crippen LogP contribution in [0.3, 0.4) is 0 Å². The average Bonchev–Trinajstić information content (AvgIpc) is 3.48. The SMILES string of the molecule is CCCCCCCCCCCOc1ccccc1C1CC1CNC(=O)CCC. The molecule has 28 heavy (non-hydrogen) atoms. The molecule has 2 rings (SSSR count). The van der Waals surface area contributed by atoms with E-state index in [4.69, 9.17) is 4.74 Å². The number of nitrogens with one attached hydrogen (secondary N) is 1. The molecular weight excluding hydrogens is 346 g/mol. The molecule has 0 spiro atoms. The summed E-state index contributed by atoms with van der Waals surface area (Å²) in [5, 5.41) is 3.07. The maximum absolute atomic E-state index is 11.7. The molecule has 1 aliphatic rings. The number of carbonyl (C=O) groups excluding carboxylic acids is 1. The summed E-state index contributed by atoms with van der Waals surface area (Å²) in [6, 6.07) is 8.47. The minimum Gasteiger partial charge on any atom is -0.493 e. The van der Waals surface area contributed by atoms with E-state index in [1.807, 2.05) is 6.92 Å². The van der Waals surface area contributed by atoms with Crippen LogP contribution in [-0.4, -0.2) is 19.1 Å². The first-order chi connectivity index (χ1) is 13.8. The third-order valence-corrected chi connectivity index (χ3v) is 5.79. The summed E-state index contributed by atoms with van der Waals surface area (Å²) in [6.07, 6.45) is 14.7. The van der Waals surface area contributed by atoms with E-state index in [0.29, 0.717) is 18.3 Å². The number of para-hydroxylation sites is 1. The molecule has 1 saturated carbocycles. The first-order valence-corrected chi connectivity index (χ1v) is 11.7. The summed E-state index contributed by atoms with van der Waals surface area (Å²) >= 11 is 0. The topological polar surface area (TPSA) is 38.3 Å². The standard InChI is InChI=1S/C25H41NO2/c1-3-5-6-7-8-9-10-11-14-18-28-24-17-13-12-16-22(24)23-19-21(23)20-26-25(27)15-4-2/h12-13,16-17,21,23H,3-11,14-15,18-20H2,1-2H3,(H,26,27). The van der Waals surface area contributed by atoms with Crippen LogP contribution in [0.25, 0.3) is 0 Å². The van der Waals surface area contributed by atoms with Crippen LogP contribution in [0.1, 0.15) is 102 Å². The van der Waals surface area contributed by atoms with Gasteiger partial charge in [0.2, 0.25) is 5.91 Å². The van der Waals surface area contributed by atoms with Gasteiger partial charge < -0.3 is 10.1 Å². The number of hydrogen-bond donors (Lipinski definition) is 1. The molecule has 2 unspecified atom stereocenters. The van der Waals surface area contributed by atoms with Gasteiger partial charge in [-0.1, -0.05) is 83.4 Å². The number of carbonyl (C=O) groups is 1. The molecule has 0 heterocycles. The predicted molar refractivity (Wildman–Crippen MR) is 118 cm³/mol. The summed E-state index contributed by atoms with van der Waals surface area (Å²) < 4.78 is 6.12. The Kier molecular flexibility index (Phi) is 11.1. The molecule has 0 aliphatic heterocycles. The number of ether oxygens (including phenoxy) is 1. The monoisotopic (exact) mass is 387 g/mol. The average molecular weight is 388 g/mol. The van der Waals surface area contributed by atoms with Gasteiger partial charge in [-0.3, -0.25) is 4.79 Å². The highest BCUT2D eigenvalue weighted by atomic mass is 16.5. The van der Waals surface area contributed by atoms with Crippen LogP contribution in [0.5, 0.6) is 5.75 Å². The summed E-state index contributed by atoms with van der Waals surface area (Å²) in [5.74, 6) is 2.34. The Morgan fingerprint density at radius 2 is 1.64 bits per heavy atom. The van der Waals surface area contributed by atoms with Gasteiger partial charge in [-0.25, -0.2) is 0 Å². The lowest BCUT2D eigenvalue weighted by Gasteiger charge is -2.12. The fourth-order valence-electron chi connectivity index (χ4n) is 3.93. The van der Waals surface area contributed by atoms with E-state index in [2.05, 4.69) is 36.5 Å². The third-order valence-electron chi connectivity index (χ3n) is 5.79. The van der Waals surface area contributed by atoms with Crippen LogP contribution in [-0.2, 0) is 4.79 Å². The highest BCUT2D eigenvalue weighted by molar-refractivity contribution is 5.75. The zero-order chi connectivity index (χ0) is 20.0. The molecule has 1 aliphatic carbocycles. The lowest BCUT2D eigenvalue weighted by molar-refractivity contribution is -0.121. The highest BCUT2D eigenvalue weighted by Crippen LogP contribution is 2.49. The van der Waals surface area contributed by atoms with Gasteiger partial charge in [-0.05, 0) is 42.7 Å². The van der Waals surface area contributed by atoms with Crippen LogP contribution in [0, 0.1) is 5.92 Å². The maximum atomic E-state index is 11.7. The van der Waals surface area contributed by atoms with Crippen molar-refractivity contribution in [2.24, 2.45) is 5.92 Å². The molecule has 3 heteroatoms. The lowest BCUT2D eigenvalue weighted by Crippen LogP contribution is -2.25. The summed E-state index contributed by atoms with van der Waals surface area (Å²) in [4.78, 5) is 11.7. The fourth-order valence-corrected chi connectivity index (χ4v) is 3.93. The summed E-state index contributed by atoms with van der Waals surface area (Å²) in [5.41, 5.74) is 1.33. The second-order valence-electron chi connectivity index (χ2n) is 8.37. The Bertz CT molecular complexity index is 557. The van der Waals surface area contributed by atoms with E-state index in [1.165, 1.54) is 56.9 Å². The molecular formula is C25H41NO2. The van der Waals surface area contributed by atoms with Crippen molar-refractivity contribution < 1.29 is 9.53 Å². The molecule has 2 atom stereocenters. The number of unbranched alkanes of at least 4 members (excludes halogenated alkanes) is 8. The van der Waals surface area contributed by atoms with Crippen molar-refractivity contribution >= 4 is 5.91 Å². The Labute approximate surface area is 172 Å². The van der Waals surface area contributed by atoms with Gasteiger partial charge in [-0.15, -0.1) is 0 Å². The smallest absolute Gasteiger partial charge is 0.219 e. The third kappa shape index (κ3) is 8.67. The number of benzene rings is 1. The highest BCUT2D eigenvalue weighted by Gasteiger charge is 2.39. The van der Waals surface area contributed by atoms with Gasteiger partial charge in [0.15, 0.2) is 0 Å². The second-order valence-corrected chi connectivity index (χ2v) is 8.37. The van der Waals surface area contributed by atoms with E-state index >= 15 is 0 Å². The van der Waals surface area contributed by atoms with E-state index in [9.17, 15) is 4.79 Å². The van der Waals surface area contributed by atoms with E-state index in [1.54, 1.807) is 0 Å². The number of rotatable bonds is 16. The Morgan fingerprint density at radius 1 is 0.964 bits per heavy atom. The van der Waals surface area contributed by atoms with Gasteiger partial charge in [-0.2, -0.15) is 0 Å². The molecule has 158 valence electrons. The lowest BCUT2D eigenvalue weighted by atomic mass is 10.1. The van der Waals surface area contributed by atoms with Crippen molar-refractivity contribution in [1.82, 2.24) is 5.32 Å². The molecule has 3 nitrogen and oxygen atoms in total. The van der Waals surface area contributed by atoms with E-state index in [-0.39, 0.29) is 5.91 Å². The summed E-state index contributed by atoms with van der Waals surface area (Å²) in [7, 11) is 0. The minimum absolute atomic E-state index is 0.183. The van der Waals surface area contributed by atoms with E-state index < -0.39 is 0 Å². The van der Waals surface area contributed by atoms with Gasteiger partial charge in [0.25, 0.3) is 0 Å².